The second kappa shape index (κ2) is 10.2. The monoisotopic (exact) mass is 384 g/mol. The summed E-state index contributed by atoms with van der Waals surface area (Å²) in [6, 6.07) is 10.2. The van der Waals surface area contributed by atoms with Gasteiger partial charge in [0.2, 0.25) is 0 Å². The van der Waals surface area contributed by atoms with Gasteiger partial charge < -0.3 is 10.1 Å². The van der Waals surface area contributed by atoms with Crippen LogP contribution in [0.1, 0.15) is 57.1 Å². The van der Waals surface area contributed by atoms with Crippen molar-refractivity contribution in [1.82, 2.24) is 20.2 Å². The normalized spacial score (nSPS) is 12.6. The van der Waals surface area contributed by atoms with E-state index in [1.54, 1.807) is 0 Å². The molecule has 0 saturated heterocycles. The summed E-state index contributed by atoms with van der Waals surface area (Å²) in [6.07, 6.45) is 4.08. The second-order valence-electron chi connectivity index (χ2n) is 7.95. The molecule has 28 heavy (non-hydrogen) atoms. The topological polar surface area (TPSA) is 67.4 Å². The largest absolute Gasteiger partial charge is 0.444 e. The number of ether oxygens (including phenoxy) is 1. The van der Waals surface area contributed by atoms with Crippen molar-refractivity contribution in [3.8, 4) is 0 Å². The predicted octanol–water partition coefficient (Wildman–Crippen LogP) is 4.26. The first-order chi connectivity index (χ1) is 13.3. The number of nitrogens with zero attached hydrogens (tertiary/aromatic N) is 3. The standard InChI is InChI=1S/C22H32N4O2/c1-17-10-8-13-24-20(17)16-26(18(2)19-11-6-7-12-23-19)15-9-14-25-21(27)28-22(3,4)5/h6-8,10-13,18H,9,14-16H2,1-5H3,(H,25,27). The molecule has 152 valence electrons. The number of rotatable bonds is 8. The highest BCUT2D eigenvalue weighted by Gasteiger charge is 2.19. The number of amides is 1. The first-order valence-electron chi connectivity index (χ1n) is 9.78. The first kappa shape index (κ1) is 21.8. The van der Waals surface area contributed by atoms with E-state index in [0.29, 0.717) is 6.54 Å². The van der Waals surface area contributed by atoms with Crippen LogP contribution in [0, 0.1) is 6.92 Å². The summed E-state index contributed by atoms with van der Waals surface area (Å²) in [6.45, 7) is 11.9. The van der Waals surface area contributed by atoms with Crippen molar-refractivity contribution in [2.45, 2.75) is 59.2 Å². The molecule has 0 aliphatic rings. The maximum Gasteiger partial charge on any atom is 0.407 e. The van der Waals surface area contributed by atoms with Gasteiger partial charge in [-0.15, -0.1) is 0 Å². The van der Waals surface area contributed by atoms with Crippen LogP contribution in [0.15, 0.2) is 42.7 Å². The fraction of sp³-hybridized carbons (Fsp3) is 0.500. The maximum absolute atomic E-state index is 11.8. The van der Waals surface area contributed by atoms with Gasteiger partial charge in [0.05, 0.1) is 11.4 Å². The van der Waals surface area contributed by atoms with E-state index in [1.807, 2.05) is 57.4 Å². The van der Waals surface area contributed by atoms with Gasteiger partial charge in [-0.25, -0.2) is 4.79 Å². The van der Waals surface area contributed by atoms with Crippen LogP contribution in [0.25, 0.3) is 0 Å². The number of aromatic nitrogens is 2. The molecule has 1 amide bonds. The average Bonchev–Trinajstić information content (AvgIpc) is 2.64. The zero-order chi connectivity index (χ0) is 20.6. The molecule has 0 bridgehead atoms. The Morgan fingerprint density at radius 2 is 1.93 bits per heavy atom. The number of pyridine rings is 2. The molecule has 0 fully saturated rings. The lowest BCUT2D eigenvalue weighted by atomic mass is 10.1. The van der Waals surface area contributed by atoms with Gasteiger partial charge in [0.1, 0.15) is 5.60 Å². The Labute approximate surface area is 168 Å². The van der Waals surface area contributed by atoms with Gasteiger partial charge >= 0.3 is 6.09 Å². The average molecular weight is 385 g/mol. The van der Waals surface area contributed by atoms with Gasteiger partial charge in [-0.1, -0.05) is 12.1 Å². The molecule has 0 saturated carbocycles. The summed E-state index contributed by atoms with van der Waals surface area (Å²) in [4.78, 5) is 23.2. The third-order valence-corrected chi connectivity index (χ3v) is 4.42. The quantitative estimate of drug-likeness (QED) is 0.689. The minimum absolute atomic E-state index is 0.143. The van der Waals surface area contributed by atoms with Crippen LogP contribution < -0.4 is 5.32 Å². The molecule has 1 N–H and O–H groups in total. The molecule has 1 atom stereocenters. The van der Waals surface area contributed by atoms with E-state index in [-0.39, 0.29) is 12.1 Å². The van der Waals surface area contributed by atoms with Gasteiger partial charge in [0, 0.05) is 38.1 Å². The third kappa shape index (κ3) is 7.27. The van der Waals surface area contributed by atoms with E-state index in [0.717, 1.165) is 30.9 Å². The Morgan fingerprint density at radius 1 is 1.18 bits per heavy atom. The van der Waals surface area contributed by atoms with Crippen LogP contribution in [0.3, 0.4) is 0 Å². The van der Waals surface area contributed by atoms with E-state index >= 15 is 0 Å². The highest BCUT2D eigenvalue weighted by molar-refractivity contribution is 5.67. The molecule has 0 spiro atoms. The van der Waals surface area contributed by atoms with Crippen LogP contribution in [0.5, 0.6) is 0 Å². The molecular formula is C22H32N4O2. The Balaban J connectivity index is 1.98. The number of carbonyl (C=O) groups excluding carboxylic acids is 1. The summed E-state index contributed by atoms with van der Waals surface area (Å²) < 4.78 is 5.29. The van der Waals surface area contributed by atoms with E-state index in [4.69, 9.17) is 4.74 Å². The lowest BCUT2D eigenvalue weighted by Gasteiger charge is -2.29. The fourth-order valence-electron chi connectivity index (χ4n) is 2.88. The Bertz CT molecular complexity index is 744. The van der Waals surface area contributed by atoms with Crippen molar-refractivity contribution >= 4 is 6.09 Å². The minimum atomic E-state index is -0.486. The molecule has 0 aromatic carbocycles. The maximum atomic E-state index is 11.8. The van der Waals surface area contributed by atoms with Crippen molar-refractivity contribution in [3.05, 3.63) is 59.7 Å². The van der Waals surface area contributed by atoms with Crippen LogP contribution in [0.4, 0.5) is 4.79 Å². The number of hydrogen-bond donors (Lipinski definition) is 1. The summed E-state index contributed by atoms with van der Waals surface area (Å²) in [7, 11) is 0. The SMILES string of the molecule is Cc1cccnc1CN(CCCNC(=O)OC(C)(C)C)C(C)c1ccccn1. The van der Waals surface area contributed by atoms with Crippen molar-refractivity contribution in [3.63, 3.8) is 0 Å². The zero-order valence-electron chi connectivity index (χ0n) is 17.6. The molecule has 6 heteroatoms. The minimum Gasteiger partial charge on any atom is -0.444 e. The molecule has 0 aliphatic carbocycles. The number of nitrogens with one attached hydrogen (secondary N) is 1. The Morgan fingerprint density at radius 3 is 2.57 bits per heavy atom. The molecule has 2 aromatic rings. The summed E-state index contributed by atoms with van der Waals surface area (Å²) in [5.74, 6) is 0. The van der Waals surface area contributed by atoms with E-state index in [9.17, 15) is 4.79 Å². The first-order valence-corrected chi connectivity index (χ1v) is 9.78. The van der Waals surface area contributed by atoms with Crippen LogP contribution in [0.2, 0.25) is 0 Å². The fourth-order valence-corrected chi connectivity index (χ4v) is 2.88. The molecule has 2 aromatic heterocycles. The van der Waals surface area contributed by atoms with Gasteiger partial charge in [0.25, 0.3) is 0 Å². The number of hydrogen-bond acceptors (Lipinski definition) is 5. The molecular weight excluding hydrogens is 352 g/mol. The zero-order valence-corrected chi connectivity index (χ0v) is 17.6. The van der Waals surface area contributed by atoms with Crippen molar-refractivity contribution in [2.75, 3.05) is 13.1 Å². The summed E-state index contributed by atoms with van der Waals surface area (Å²) in [5.41, 5.74) is 2.77. The van der Waals surface area contributed by atoms with Crippen LogP contribution in [-0.2, 0) is 11.3 Å². The smallest absolute Gasteiger partial charge is 0.407 e. The molecule has 2 rings (SSSR count). The van der Waals surface area contributed by atoms with E-state index in [2.05, 4.69) is 40.1 Å². The Hall–Kier alpha value is -2.47. The summed E-state index contributed by atoms with van der Waals surface area (Å²) >= 11 is 0. The summed E-state index contributed by atoms with van der Waals surface area (Å²) in [5, 5.41) is 2.83. The molecule has 0 aliphatic heterocycles. The lowest BCUT2D eigenvalue weighted by molar-refractivity contribution is 0.0524. The van der Waals surface area contributed by atoms with E-state index in [1.165, 1.54) is 5.56 Å². The van der Waals surface area contributed by atoms with Crippen molar-refractivity contribution in [2.24, 2.45) is 0 Å². The van der Waals surface area contributed by atoms with Gasteiger partial charge in [0.15, 0.2) is 0 Å². The lowest BCUT2D eigenvalue weighted by Crippen LogP contribution is -2.35. The van der Waals surface area contributed by atoms with Gasteiger partial charge in [-0.3, -0.25) is 14.9 Å². The van der Waals surface area contributed by atoms with E-state index < -0.39 is 5.60 Å². The van der Waals surface area contributed by atoms with Crippen molar-refractivity contribution in [1.29, 1.82) is 0 Å². The van der Waals surface area contributed by atoms with Crippen LogP contribution >= 0.6 is 0 Å². The Kier molecular flexibility index (Phi) is 7.93. The highest BCUT2D eigenvalue weighted by Crippen LogP contribution is 2.21. The molecule has 1 unspecified atom stereocenters. The number of carbonyl (C=O) groups is 1. The molecule has 2 heterocycles. The molecule has 0 radical (unpaired) electrons. The number of alkyl carbamates (subject to hydrolysis) is 1. The second-order valence-corrected chi connectivity index (χ2v) is 7.95. The molecule has 6 nitrogen and oxygen atoms in total. The van der Waals surface area contributed by atoms with Crippen molar-refractivity contribution < 1.29 is 9.53 Å². The highest BCUT2D eigenvalue weighted by atomic mass is 16.6. The van der Waals surface area contributed by atoms with Gasteiger partial charge in [-0.05, 0) is 64.8 Å². The third-order valence-electron chi connectivity index (χ3n) is 4.42. The van der Waals surface area contributed by atoms with Gasteiger partial charge in [-0.2, -0.15) is 0 Å². The predicted molar refractivity (Wildman–Crippen MR) is 111 cm³/mol. The van der Waals surface area contributed by atoms with Crippen LogP contribution in [-0.4, -0.2) is 39.7 Å². The number of aryl methyl sites for hydroxylation is 1.